The molecule has 0 unspecified atom stereocenters. The van der Waals surface area contributed by atoms with Gasteiger partial charge in [0.05, 0.1) is 6.04 Å². The lowest BCUT2D eigenvalue weighted by molar-refractivity contribution is 0.108. The van der Waals surface area contributed by atoms with Crippen molar-refractivity contribution in [1.82, 2.24) is 0 Å². The Morgan fingerprint density at radius 1 is 0.750 bits per heavy atom. The maximum Gasteiger partial charge on any atom is 0.203 e. The molecule has 1 nitrogen and oxygen atoms in total. The minimum atomic E-state index is -2.77. The third-order valence-electron chi connectivity index (χ3n) is 4.64. The smallest absolute Gasteiger partial charge is 0.203 e. The predicted molar refractivity (Wildman–Crippen MR) is 127 cm³/mol. The number of hydrogen-bond donors (Lipinski definition) is 0. The molecule has 0 amide bonds. The monoisotopic (exact) mass is 400 g/mol. The van der Waals surface area contributed by atoms with Gasteiger partial charge in [-0.15, -0.1) is 0 Å². The average Bonchev–Trinajstić information content (AvgIpc) is 2.78. The van der Waals surface area contributed by atoms with Crippen LogP contribution in [0.2, 0.25) is 0 Å². The van der Waals surface area contributed by atoms with Gasteiger partial charge < -0.3 is 0 Å². The third-order valence-corrected chi connectivity index (χ3v) is 9.25. The minimum Gasteiger partial charge on any atom is -0.287 e. The summed E-state index contributed by atoms with van der Waals surface area (Å²) in [6.07, 6.45) is 5.14. The number of carbonyl (C=O) groups excluding carboxylic acids is 1. The number of benzene rings is 3. The van der Waals surface area contributed by atoms with Crippen LogP contribution in [0, 0.1) is 0 Å². The normalized spacial score (nSPS) is 10.9. The van der Waals surface area contributed by atoms with E-state index in [0.29, 0.717) is 5.56 Å². The highest BCUT2D eigenvalue weighted by Gasteiger charge is 2.33. The van der Waals surface area contributed by atoms with Crippen LogP contribution in [0.5, 0.6) is 0 Å². The molecule has 28 heavy (non-hydrogen) atoms. The largest absolute Gasteiger partial charge is 0.287 e. The molecular weight excluding hydrogens is 379 g/mol. The molecule has 3 aromatic carbocycles. The highest BCUT2D eigenvalue weighted by atomic mass is 32.4. The lowest BCUT2D eigenvalue weighted by Gasteiger charge is -2.24. The van der Waals surface area contributed by atoms with E-state index in [-0.39, 0.29) is 5.52 Å². The fourth-order valence-electron chi connectivity index (χ4n) is 3.22. The van der Waals surface area contributed by atoms with Crippen LogP contribution in [0.25, 0.3) is 18.2 Å². The standard InChI is InChI=1S/C25H21OPS/c1-4-19-17-20(5-2)24(21(6-3)18-19)25(26)27(28,22-13-9-7-10-14-22)23-15-11-8-12-16-23/h4-18H,1-3H2. The van der Waals surface area contributed by atoms with Gasteiger partial charge in [-0.05, 0) is 39.4 Å². The van der Waals surface area contributed by atoms with E-state index < -0.39 is 6.04 Å². The Labute approximate surface area is 171 Å². The van der Waals surface area contributed by atoms with Crippen LogP contribution in [-0.2, 0) is 11.8 Å². The van der Waals surface area contributed by atoms with E-state index in [4.69, 9.17) is 11.8 Å². The van der Waals surface area contributed by atoms with Gasteiger partial charge in [0, 0.05) is 5.56 Å². The van der Waals surface area contributed by atoms with E-state index in [1.165, 1.54) is 0 Å². The van der Waals surface area contributed by atoms with Gasteiger partial charge in [0.2, 0.25) is 5.52 Å². The van der Waals surface area contributed by atoms with Gasteiger partial charge in [0.25, 0.3) is 0 Å². The van der Waals surface area contributed by atoms with Crippen molar-refractivity contribution in [1.29, 1.82) is 0 Å². The van der Waals surface area contributed by atoms with Crippen LogP contribution in [0.3, 0.4) is 0 Å². The van der Waals surface area contributed by atoms with Crippen molar-refractivity contribution in [2.45, 2.75) is 0 Å². The van der Waals surface area contributed by atoms with Gasteiger partial charge >= 0.3 is 0 Å². The zero-order chi connectivity index (χ0) is 20.1. The van der Waals surface area contributed by atoms with Gasteiger partial charge in [-0.25, -0.2) is 0 Å². The lowest BCUT2D eigenvalue weighted by Crippen LogP contribution is -2.23. The summed E-state index contributed by atoms with van der Waals surface area (Å²) in [6.45, 7) is 11.7. The fourth-order valence-corrected chi connectivity index (χ4v) is 6.74. The van der Waals surface area contributed by atoms with E-state index >= 15 is 0 Å². The van der Waals surface area contributed by atoms with Gasteiger partial charge in [-0.1, -0.05) is 110 Å². The molecule has 0 aromatic heterocycles. The highest BCUT2D eigenvalue weighted by Crippen LogP contribution is 2.48. The second kappa shape index (κ2) is 8.48. The summed E-state index contributed by atoms with van der Waals surface area (Å²) in [4.78, 5) is 14.1. The van der Waals surface area contributed by atoms with Crippen LogP contribution in [0.4, 0.5) is 0 Å². The molecule has 0 spiro atoms. The minimum absolute atomic E-state index is 0.0553. The molecule has 3 rings (SSSR count). The Hall–Kier alpha value is -2.80. The van der Waals surface area contributed by atoms with Gasteiger partial charge in [-0.3, -0.25) is 4.79 Å². The molecule has 0 aliphatic heterocycles. The summed E-state index contributed by atoms with van der Waals surface area (Å²) in [6, 6.07) is 20.4. The van der Waals surface area contributed by atoms with Crippen LogP contribution < -0.4 is 10.6 Å². The molecule has 0 fully saturated rings. The number of rotatable bonds is 7. The summed E-state index contributed by atoms with van der Waals surface area (Å²) in [5.74, 6) is 0. The summed E-state index contributed by atoms with van der Waals surface area (Å²) in [5, 5.41) is 1.75. The molecule has 138 valence electrons. The van der Waals surface area contributed by atoms with Crippen molar-refractivity contribution in [3.63, 3.8) is 0 Å². The molecule has 0 heterocycles. The molecule has 0 radical (unpaired) electrons. The predicted octanol–water partition coefficient (Wildman–Crippen LogP) is 5.89. The first-order valence-corrected chi connectivity index (χ1v) is 11.7. The summed E-state index contributed by atoms with van der Waals surface area (Å²) < 4.78 is 0. The third kappa shape index (κ3) is 3.49. The van der Waals surface area contributed by atoms with Gasteiger partial charge in [0.15, 0.2) is 0 Å². The first-order chi connectivity index (χ1) is 13.6. The van der Waals surface area contributed by atoms with E-state index in [9.17, 15) is 4.79 Å². The Morgan fingerprint density at radius 3 is 1.54 bits per heavy atom. The van der Waals surface area contributed by atoms with Crippen LogP contribution in [-0.4, -0.2) is 5.52 Å². The number of carbonyl (C=O) groups is 1. The average molecular weight is 400 g/mol. The lowest BCUT2D eigenvalue weighted by atomic mass is 9.98. The fraction of sp³-hybridized carbons (Fsp3) is 0. The van der Waals surface area contributed by atoms with Crippen molar-refractivity contribution in [2.24, 2.45) is 0 Å². The Kier molecular flexibility index (Phi) is 6.04. The second-order valence-corrected chi connectivity index (χ2v) is 10.6. The summed E-state index contributed by atoms with van der Waals surface area (Å²) in [7, 11) is 0. The van der Waals surface area contributed by atoms with E-state index in [1.807, 2.05) is 72.8 Å². The first-order valence-electron chi connectivity index (χ1n) is 8.87. The van der Waals surface area contributed by atoms with E-state index in [0.717, 1.165) is 27.3 Å². The van der Waals surface area contributed by atoms with Gasteiger partial charge in [0.1, 0.15) is 0 Å². The quantitative estimate of drug-likeness (QED) is 0.460. The topological polar surface area (TPSA) is 17.1 Å². The van der Waals surface area contributed by atoms with Crippen LogP contribution in [0.15, 0.2) is 92.5 Å². The van der Waals surface area contributed by atoms with Crippen molar-refractivity contribution in [3.8, 4) is 0 Å². The second-order valence-electron chi connectivity index (χ2n) is 6.27. The number of hydrogen-bond acceptors (Lipinski definition) is 2. The molecule has 0 N–H and O–H groups in total. The molecule has 3 aromatic rings. The Morgan fingerprint density at radius 2 is 1.18 bits per heavy atom. The zero-order valence-electron chi connectivity index (χ0n) is 15.5. The molecule has 0 aliphatic rings. The first kappa shape index (κ1) is 19.9. The molecule has 0 saturated heterocycles. The van der Waals surface area contributed by atoms with Crippen LogP contribution in [0.1, 0.15) is 27.0 Å². The maximum absolute atomic E-state index is 14.1. The molecule has 0 aliphatic carbocycles. The Balaban J connectivity index is 2.34. The van der Waals surface area contributed by atoms with Crippen molar-refractivity contribution >= 4 is 52.2 Å². The molecular formula is C25H21OPS. The molecule has 0 bridgehead atoms. The molecule has 0 atom stereocenters. The van der Waals surface area contributed by atoms with Gasteiger partial charge in [-0.2, -0.15) is 0 Å². The summed E-state index contributed by atoms with van der Waals surface area (Å²) in [5.41, 5.74) is 2.93. The summed E-state index contributed by atoms with van der Waals surface area (Å²) >= 11 is 6.19. The van der Waals surface area contributed by atoms with Crippen molar-refractivity contribution in [3.05, 3.63) is 115 Å². The van der Waals surface area contributed by atoms with Crippen molar-refractivity contribution < 1.29 is 4.79 Å². The highest BCUT2D eigenvalue weighted by molar-refractivity contribution is 8.30. The maximum atomic E-state index is 14.1. The zero-order valence-corrected chi connectivity index (χ0v) is 17.3. The molecule has 0 saturated carbocycles. The van der Waals surface area contributed by atoms with Crippen molar-refractivity contribution in [2.75, 3.05) is 0 Å². The van der Waals surface area contributed by atoms with E-state index in [1.54, 1.807) is 18.2 Å². The SMILES string of the molecule is C=Cc1cc(C=C)c(C(=O)P(=S)(c2ccccc2)c2ccccc2)c(C=C)c1. The van der Waals surface area contributed by atoms with E-state index in [2.05, 4.69) is 19.7 Å². The Bertz CT molecular complexity index is 1030. The van der Waals surface area contributed by atoms with Crippen LogP contribution >= 0.6 is 6.04 Å². The molecule has 3 heteroatoms.